The molecule has 5 N–H and O–H groups in total. The highest BCUT2D eigenvalue weighted by Gasteiger charge is 2.46. The summed E-state index contributed by atoms with van der Waals surface area (Å²) < 4.78 is 25.4. The molecule has 1 rings (SSSR count). The lowest BCUT2D eigenvalue weighted by Gasteiger charge is -2.27. The molecule has 1 amide bonds. The van der Waals surface area contributed by atoms with Crippen LogP contribution in [-0.2, 0) is 14.6 Å². The van der Waals surface area contributed by atoms with E-state index in [1.54, 1.807) is 0 Å². The minimum absolute atomic E-state index is 0.100. The van der Waals surface area contributed by atoms with Crippen LogP contribution in [-0.4, -0.2) is 46.7 Å². The van der Waals surface area contributed by atoms with Gasteiger partial charge >= 0.3 is 0 Å². The Balaban J connectivity index is 3.22. The Morgan fingerprint density at radius 2 is 1.80 bits per heavy atom. The van der Waals surface area contributed by atoms with Crippen LogP contribution in [0.1, 0.15) is 49.9 Å². The molecule has 140 valence electrons. The number of nitrogens with zero attached hydrogens (tertiary/aromatic N) is 1. The summed E-state index contributed by atoms with van der Waals surface area (Å²) in [6, 6.07) is 2.34. The highest BCUT2D eigenvalue weighted by molar-refractivity contribution is 7.92. The van der Waals surface area contributed by atoms with Gasteiger partial charge in [-0.2, -0.15) is 0 Å². The van der Waals surface area contributed by atoms with E-state index in [1.165, 1.54) is 6.07 Å². The monoisotopic (exact) mass is 371 g/mol. The first-order chi connectivity index (χ1) is 11.6. The number of rotatable bonds is 10. The maximum Gasteiger partial charge on any atom is 0.246 e. The topological polar surface area (TPSA) is 153 Å². The summed E-state index contributed by atoms with van der Waals surface area (Å²) in [6.07, 6.45) is 3.14. The molecule has 9 heteroatoms. The fraction of sp³-hybridized carbons (Fsp3) is 0.562. The first-order valence-corrected chi connectivity index (χ1v) is 9.80. The SMILES string of the molecule is CCCC(CCC)S(=O)(=O)CC(N)(C(N)=O)C(=O)c1ccc(O)nc1. The second-order valence-corrected chi connectivity index (χ2v) is 8.36. The molecular formula is C16H25N3O5S. The highest BCUT2D eigenvalue weighted by atomic mass is 32.2. The number of carbonyl (C=O) groups is 2. The second kappa shape index (κ2) is 8.39. The van der Waals surface area contributed by atoms with Gasteiger partial charge in [-0.3, -0.25) is 9.59 Å². The van der Waals surface area contributed by atoms with E-state index < -0.39 is 38.1 Å². The van der Waals surface area contributed by atoms with Crippen LogP contribution < -0.4 is 11.5 Å². The van der Waals surface area contributed by atoms with E-state index in [0.717, 1.165) is 12.3 Å². The Morgan fingerprint density at radius 1 is 1.24 bits per heavy atom. The van der Waals surface area contributed by atoms with Gasteiger partial charge in [0.25, 0.3) is 0 Å². The number of Topliss-reactive ketones (excluding diaryl/α,β-unsaturated/α-hetero) is 1. The third-order valence-corrected chi connectivity index (χ3v) is 6.36. The predicted octanol–water partition coefficient (Wildman–Crippen LogP) is 0.536. The summed E-state index contributed by atoms with van der Waals surface area (Å²) in [5.41, 5.74) is 8.66. The van der Waals surface area contributed by atoms with E-state index in [0.29, 0.717) is 25.7 Å². The van der Waals surface area contributed by atoms with Crippen LogP contribution in [0.15, 0.2) is 18.3 Å². The lowest BCUT2D eigenvalue weighted by molar-refractivity contribution is -0.120. The third kappa shape index (κ3) is 4.99. The van der Waals surface area contributed by atoms with Crippen molar-refractivity contribution in [2.45, 2.75) is 50.3 Å². The summed E-state index contributed by atoms with van der Waals surface area (Å²) in [7, 11) is -3.83. The van der Waals surface area contributed by atoms with E-state index in [-0.39, 0.29) is 11.4 Å². The van der Waals surface area contributed by atoms with E-state index in [2.05, 4.69) is 4.98 Å². The molecule has 0 saturated carbocycles. The lowest BCUT2D eigenvalue weighted by Crippen LogP contribution is -2.63. The van der Waals surface area contributed by atoms with Crippen LogP contribution in [0.2, 0.25) is 0 Å². The van der Waals surface area contributed by atoms with E-state index >= 15 is 0 Å². The maximum atomic E-state index is 12.7. The van der Waals surface area contributed by atoms with Crippen molar-refractivity contribution in [3.05, 3.63) is 23.9 Å². The molecule has 0 aliphatic carbocycles. The van der Waals surface area contributed by atoms with Gasteiger partial charge in [-0.05, 0) is 18.9 Å². The molecule has 1 unspecified atom stereocenters. The number of nitrogens with two attached hydrogens (primary N) is 2. The zero-order chi connectivity index (χ0) is 19.3. The van der Waals surface area contributed by atoms with Crippen LogP contribution in [0.25, 0.3) is 0 Å². The van der Waals surface area contributed by atoms with Crippen LogP contribution in [0, 0.1) is 0 Å². The molecule has 0 radical (unpaired) electrons. The van der Waals surface area contributed by atoms with Gasteiger partial charge in [-0.25, -0.2) is 13.4 Å². The number of hydrogen-bond donors (Lipinski definition) is 3. The molecule has 1 atom stereocenters. The first kappa shape index (κ1) is 21.0. The smallest absolute Gasteiger partial charge is 0.246 e. The average Bonchev–Trinajstić information content (AvgIpc) is 2.54. The summed E-state index contributed by atoms with van der Waals surface area (Å²) in [6.45, 7) is 3.71. The van der Waals surface area contributed by atoms with E-state index in [9.17, 15) is 23.1 Å². The number of primary amides is 1. The van der Waals surface area contributed by atoms with Gasteiger partial charge in [0, 0.05) is 17.8 Å². The van der Waals surface area contributed by atoms with Gasteiger partial charge in [-0.1, -0.05) is 26.7 Å². The van der Waals surface area contributed by atoms with Gasteiger partial charge in [0.15, 0.2) is 21.2 Å². The predicted molar refractivity (Wildman–Crippen MR) is 93.7 cm³/mol. The van der Waals surface area contributed by atoms with E-state index in [1.807, 2.05) is 13.8 Å². The molecule has 1 aromatic heterocycles. The number of hydrogen-bond acceptors (Lipinski definition) is 7. The Bertz CT molecular complexity index is 712. The fourth-order valence-corrected chi connectivity index (χ4v) is 4.94. The Labute approximate surface area is 147 Å². The number of ketones is 1. The summed E-state index contributed by atoms with van der Waals surface area (Å²) in [5, 5.41) is 8.50. The molecule has 0 bridgehead atoms. The van der Waals surface area contributed by atoms with Crippen LogP contribution >= 0.6 is 0 Å². The minimum Gasteiger partial charge on any atom is -0.493 e. The molecule has 1 aromatic rings. The van der Waals surface area contributed by atoms with Crippen molar-refractivity contribution in [2.24, 2.45) is 11.5 Å². The molecule has 8 nitrogen and oxygen atoms in total. The zero-order valence-corrected chi connectivity index (χ0v) is 15.3. The highest BCUT2D eigenvalue weighted by Crippen LogP contribution is 2.22. The maximum absolute atomic E-state index is 12.7. The van der Waals surface area contributed by atoms with Gasteiger partial charge in [-0.15, -0.1) is 0 Å². The van der Waals surface area contributed by atoms with Crippen molar-refractivity contribution < 1.29 is 23.1 Å². The lowest BCUT2D eigenvalue weighted by atomic mass is 9.92. The largest absolute Gasteiger partial charge is 0.493 e. The van der Waals surface area contributed by atoms with Gasteiger partial charge in [0.1, 0.15) is 0 Å². The van der Waals surface area contributed by atoms with Crippen LogP contribution in [0.3, 0.4) is 0 Å². The van der Waals surface area contributed by atoms with Crippen LogP contribution in [0.4, 0.5) is 0 Å². The second-order valence-electron chi connectivity index (χ2n) is 6.08. The van der Waals surface area contributed by atoms with Gasteiger partial charge in [0.2, 0.25) is 11.8 Å². The van der Waals surface area contributed by atoms with Gasteiger partial charge in [0.05, 0.1) is 11.0 Å². The van der Waals surface area contributed by atoms with Crippen molar-refractivity contribution in [3.63, 3.8) is 0 Å². The molecular weight excluding hydrogens is 346 g/mol. The van der Waals surface area contributed by atoms with Crippen molar-refractivity contribution >= 4 is 21.5 Å². The van der Waals surface area contributed by atoms with E-state index in [4.69, 9.17) is 11.5 Å². The minimum atomic E-state index is -3.83. The molecule has 0 fully saturated rings. The number of carbonyl (C=O) groups excluding carboxylic acids is 2. The number of sulfone groups is 1. The van der Waals surface area contributed by atoms with Crippen LogP contribution in [0.5, 0.6) is 5.88 Å². The normalized spacial score (nSPS) is 14.2. The molecule has 0 spiro atoms. The molecule has 0 aliphatic heterocycles. The van der Waals surface area contributed by atoms with Crippen molar-refractivity contribution in [3.8, 4) is 5.88 Å². The average molecular weight is 371 g/mol. The molecule has 0 aliphatic rings. The molecule has 0 aromatic carbocycles. The first-order valence-electron chi connectivity index (χ1n) is 8.08. The number of amides is 1. The third-order valence-electron chi connectivity index (χ3n) is 4.01. The Hall–Kier alpha value is -2.00. The van der Waals surface area contributed by atoms with Crippen molar-refractivity contribution in [1.29, 1.82) is 0 Å². The summed E-state index contributed by atoms with van der Waals surface area (Å²) in [4.78, 5) is 28.0. The number of aromatic nitrogens is 1. The fourth-order valence-electron chi connectivity index (χ4n) is 2.61. The standard InChI is InChI=1S/C16H25N3O5S/c1-3-5-12(6-4-2)25(23,24)10-16(18,15(17)22)14(21)11-7-8-13(20)19-9-11/h7-9,12H,3-6,10,18H2,1-2H3,(H2,17,22)(H,19,20). The number of pyridine rings is 1. The Kier molecular flexibility index (Phi) is 7.06. The zero-order valence-electron chi connectivity index (χ0n) is 14.4. The molecule has 1 heterocycles. The number of aromatic hydroxyl groups is 1. The summed E-state index contributed by atoms with van der Waals surface area (Å²) >= 11 is 0. The Morgan fingerprint density at radius 3 is 2.20 bits per heavy atom. The quantitative estimate of drug-likeness (QED) is 0.400. The molecule has 25 heavy (non-hydrogen) atoms. The van der Waals surface area contributed by atoms with Gasteiger partial charge < -0.3 is 16.6 Å². The summed E-state index contributed by atoms with van der Waals surface area (Å²) in [5.74, 6) is -3.35. The molecule has 0 saturated heterocycles. The van der Waals surface area contributed by atoms with Crippen molar-refractivity contribution in [2.75, 3.05) is 5.75 Å². The van der Waals surface area contributed by atoms with Crippen molar-refractivity contribution in [1.82, 2.24) is 4.98 Å².